The van der Waals surface area contributed by atoms with Crippen LogP contribution in [0.4, 0.5) is 0 Å². The third-order valence-corrected chi connectivity index (χ3v) is 7.02. The van der Waals surface area contributed by atoms with Crippen molar-refractivity contribution >= 4 is 22.5 Å². The van der Waals surface area contributed by atoms with Crippen molar-refractivity contribution < 1.29 is 4.74 Å². The molecule has 1 aliphatic heterocycles. The van der Waals surface area contributed by atoms with Crippen LogP contribution >= 0.6 is 11.6 Å². The summed E-state index contributed by atoms with van der Waals surface area (Å²) in [6, 6.07) is 21.9. The predicted molar refractivity (Wildman–Crippen MR) is 135 cm³/mol. The normalized spacial score (nSPS) is 14.9. The van der Waals surface area contributed by atoms with E-state index < -0.39 is 0 Å². The van der Waals surface area contributed by atoms with Crippen LogP contribution in [0, 0.1) is 6.92 Å². The fourth-order valence-corrected chi connectivity index (χ4v) is 5.00. The van der Waals surface area contributed by atoms with Gasteiger partial charge in [0, 0.05) is 41.0 Å². The van der Waals surface area contributed by atoms with Gasteiger partial charge in [-0.15, -0.1) is 0 Å². The van der Waals surface area contributed by atoms with E-state index in [0.29, 0.717) is 11.6 Å². The van der Waals surface area contributed by atoms with Crippen LogP contribution in [0.25, 0.3) is 22.0 Å². The number of halogens is 1. The van der Waals surface area contributed by atoms with Crippen molar-refractivity contribution in [3.05, 3.63) is 117 Å². The highest BCUT2D eigenvalue weighted by Gasteiger charge is 2.21. The van der Waals surface area contributed by atoms with Gasteiger partial charge in [-0.3, -0.25) is 4.79 Å². The van der Waals surface area contributed by atoms with E-state index in [1.54, 1.807) is 10.6 Å². The molecule has 3 aromatic carbocycles. The molecule has 5 nitrogen and oxygen atoms in total. The molecule has 0 amide bonds. The van der Waals surface area contributed by atoms with Crippen LogP contribution < -0.4 is 10.3 Å². The van der Waals surface area contributed by atoms with E-state index in [1.165, 1.54) is 0 Å². The Morgan fingerprint density at radius 3 is 2.68 bits per heavy atom. The maximum atomic E-state index is 12.8. The summed E-state index contributed by atoms with van der Waals surface area (Å²) in [5.74, 6) is 0.727. The highest BCUT2D eigenvalue weighted by atomic mass is 35.5. The Labute approximate surface area is 201 Å². The van der Waals surface area contributed by atoms with Gasteiger partial charge in [-0.05, 0) is 65.6 Å². The molecule has 0 N–H and O–H groups in total. The van der Waals surface area contributed by atoms with Crippen molar-refractivity contribution in [2.24, 2.45) is 7.05 Å². The first-order valence-electron chi connectivity index (χ1n) is 11.1. The van der Waals surface area contributed by atoms with Gasteiger partial charge < -0.3 is 13.9 Å². The second kappa shape index (κ2) is 7.89. The summed E-state index contributed by atoms with van der Waals surface area (Å²) in [7, 11) is 1.81. The molecule has 0 spiro atoms. The second-order valence-electron chi connectivity index (χ2n) is 8.74. The first-order valence-corrected chi connectivity index (χ1v) is 11.5. The molecule has 0 fully saturated rings. The fraction of sp³-hybridized carbons (Fsp3) is 0.143. The molecule has 0 saturated heterocycles. The van der Waals surface area contributed by atoms with Crippen molar-refractivity contribution in [3.8, 4) is 16.9 Å². The van der Waals surface area contributed by atoms with Crippen LogP contribution in [-0.4, -0.2) is 14.1 Å². The number of benzene rings is 3. The largest absolute Gasteiger partial charge is 0.489 e. The molecule has 1 unspecified atom stereocenters. The molecule has 5 aromatic rings. The van der Waals surface area contributed by atoms with E-state index in [4.69, 9.17) is 16.3 Å². The molecule has 0 aliphatic carbocycles. The number of ether oxygens (including phenoxy) is 1. The minimum absolute atomic E-state index is 0.0497. The van der Waals surface area contributed by atoms with E-state index >= 15 is 0 Å². The molecule has 1 aliphatic rings. The Morgan fingerprint density at radius 1 is 1.03 bits per heavy atom. The lowest BCUT2D eigenvalue weighted by atomic mass is 9.93. The molecule has 3 heterocycles. The number of nitrogens with zero attached hydrogens (tertiary/aromatic N) is 3. The summed E-state index contributed by atoms with van der Waals surface area (Å²) >= 11 is 6.57. The number of rotatable bonds is 1. The maximum absolute atomic E-state index is 12.8. The molecule has 0 radical (unpaired) electrons. The third-order valence-electron chi connectivity index (χ3n) is 6.65. The van der Waals surface area contributed by atoms with Crippen molar-refractivity contribution in [1.29, 1.82) is 0 Å². The van der Waals surface area contributed by atoms with Gasteiger partial charge in [0.05, 0.1) is 17.9 Å². The van der Waals surface area contributed by atoms with Crippen LogP contribution in [0.15, 0.2) is 84.0 Å². The van der Waals surface area contributed by atoms with Gasteiger partial charge in [-0.2, -0.15) is 0 Å². The Kier molecular flexibility index (Phi) is 4.82. The first-order chi connectivity index (χ1) is 16.5. The zero-order chi connectivity index (χ0) is 23.4. The van der Waals surface area contributed by atoms with E-state index in [-0.39, 0.29) is 11.6 Å². The summed E-state index contributed by atoms with van der Waals surface area (Å²) in [6.45, 7) is 2.39. The molecular weight excluding hydrogens is 446 g/mol. The zero-order valence-electron chi connectivity index (χ0n) is 18.8. The minimum Gasteiger partial charge on any atom is -0.489 e. The predicted octanol–water partition coefficient (Wildman–Crippen LogP) is 5.89. The van der Waals surface area contributed by atoms with Crippen molar-refractivity contribution in [1.82, 2.24) is 14.1 Å². The summed E-state index contributed by atoms with van der Waals surface area (Å²) in [4.78, 5) is 17.2. The number of hydrogen-bond acceptors (Lipinski definition) is 3. The standard InChI is InChI=1S/C28H22ClN3O2/c1-17-14-30-16-32(17)28-19-6-8-25(29)21(10-19)15-34-22-5-3-4-18(11-22)23-13-27(33)31(2)26-9-7-20(28)12-24(23)26/h3-14,16,28H,15H2,1-2H3. The number of hydrogen-bond donors (Lipinski definition) is 0. The molecule has 6 bridgehead atoms. The average molecular weight is 468 g/mol. The highest BCUT2D eigenvalue weighted by Crippen LogP contribution is 2.36. The van der Waals surface area contributed by atoms with E-state index in [9.17, 15) is 4.79 Å². The Hall–Kier alpha value is -3.83. The molecule has 168 valence electrons. The molecule has 1 atom stereocenters. The van der Waals surface area contributed by atoms with Crippen LogP contribution in [0.3, 0.4) is 0 Å². The van der Waals surface area contributed by atoms with E-state index in [0.717, 1.165) is 50.2 Å². The molecular formula is C28H22ClN3O2. The number of aryl methyl sites for hydroxylation is 2. The smallest absolute Gasteiger partial charge is 0.251 e. The Bertz CT molecular complexity index is 1630. The molecule has 6 rings (SSSR count). The fourth-order valence-electron chi connectivity index (χ4n) is 4.83. The second-order valence-corrected chi connectivity index (χ2v) is 9.15. The summed E-state index contributed by atoms with van der Waals surface area (Å²) < 4.78 is 10.0. The number of imidazole rings is 1. The Morgan fingerprint density at radius 2 is 1.85 bits per heavy atom. The lowest BCUT2D eigenvalue weighted by molar-refractivity contribution is 0.306. The highest BCUT2D eigenvalue weighted by molar-refractivity contribution is 6.31. The lowest BCUT2D eigenvalue weighted by Crippen LogP contribution is -2.17. The maximum Gasteiger partial charge on any atom is 0.251 e. The summed E-state index contributed by atoms with van der Waals surface area (Å²) in [5.41, 5.74) is 6.80. The van der Waals surface area contributed by atoms with Crippen LogP contribution in [-0.2, 0) is 13.7 Å². The van der Waals surface area contributed by atoms with Gasteiger partial charge in [0.15, 0.2) is 0 Å². The number of pyridine rings is 1. The quantitative estimate of drug-likeness (QED) is 0.308. The van der Waals surface area contributed by atoms with Gasteiger partial charge >= 0.3 is 0 Å². The zero-order valence-corrected chi connectivity index (χ0v) is 19.6. The molecule has 6 heteroatoms. The van der Waals surface area contributed by atoms with Crippen LogP contribution in [0.1, 0.15) is 28.4 Å². The van der Waals surface area contributed by atoms with Gasteiger partial charge in [-0.25, -0.2) is 4.98 Å². The summed E-state index contributed by atoms with van der Waals surface area (Å²) in [5, 5.41) is 1.67. The van der Waals surface area contributed by atoms with E-state index in [1.807, 2.05) is 56.0 Å². The van der Waals surface area contributed by atoms with Gasteiger partial charge in [0.25, 0.3) is 5.56 Å². The first kappa shape index (κ1) is 20.8. The third kappa shape index (κ3) is 3.32. The molecule has 34 heavy (non-hydrogen) atoms. The minimum atomic E-state index is -0.114. The number of fused-ring (bicyclic) bond motifs is 6. The van der Waals surface area contributed by atoms with Gasteiger partial charge in [-0.1, -0.05) is 35.9 Å². The van der Waals surface area contributed by atoms with E-state index in [2.05, 4.69) is 40.7 Å². The average Bonchev–Trinajstić information content (AvgIpc) is 3.26. The Balaban J connectivity index is 1.72. The number of aromatic nitrogens is 3. The lowest BCUT2D eigenvalue weighted by Gasteiger charge is -2.23. The van der Waals surface area contributed by atoms with Crippen molar-refractivity contribution in [3.63, 3.8) is 0 Å². The van der Waals surface area contributed by atoms with Gasteiger partial charge in [0.2, 0.25) is 0 Å². The topological polar surface area (TPSA) is 49.1 Å². The van der Waals surface area contributed by atoms with Crippen LogP contribution in [0.5, 0.6) is 5.75 Å². The van der Waals surface area contributed by atoms with Crippen molar-refractivity contribution in [2.45, 2.75) is 19.6 Å². The van der Waals surface area contributed by atoms with Gasteiger partial charge in [0.1, 0.15) is 12.4 Å². The summed E-state index contributed by atoms with van der Waals surface area (Å²) in [6.07, 6.45) is 3.72. The monoisotopic (exact) mass is 467 g/mol. The molecule has 2 aromatic heterocycles. The SMILES string of the molecule is Cc1cncn1C1c2ccc(Cl)c(c2)COc2cccc(c2)-c2cc(=O)n(C)c3ccc1cc23. The van der Waals surface area contributed by atoms with Crippen LogP contribution in [0.2, 0.25) is 5.02 Å². The molecule has 0 saturated carbocycles. The van der Waals surface area contributed by atoms with Crippen molar-refractivity contribution in [2.75, 3.05) is 0 Å².